The third-order valence-electron chi connectivity index (χ3n) is 4.84. The molecule has 1 aliphatic heterocycles. The molecular weight excluding hydrogens is 347 g/mol. The molecular formula is C18H20F3N3O2. The van der Waals surface area contributed by atoms with Crippen LogP contribution in [-0.4, -0.2) is 34.5 Å². The van der Waals surface area contributed by atoms with E-state index >= 15 is 0 Å². The normalized spacial score (nSPS) is 17.3. The minimum atomic E-state index is -4.51. The van der Waals surface area contributed by atoms with Gasteiger partial charge in [0.25, 0.3) is 5.56 Å². The maximum absolute atomic E-state index is 13.6. The minimum Gasteiger partial charge on any atom is -0.393 e. The van der Waals surface area contributed by atoms with Gasteiger partial charge in [-0.3, -0.25) is 4.79 Å². The highest BCUT2D eigenvalue weighted by Gasteiger charge is 2.36. The van der Waals surface area contributed by atoms with Crippen molar-refractivity contribution < 1.29 is 18.3 Å². The van der Waals surface area contributed by atoms with E-state index in [2.05, 4.69) is 10.2 Å². The number of benzene rings is 1. The van der Waals surface area contributed by atoms with Gasteiger partial charge in [-0.25, -0.2) is 5.10 Å². The van der Waals surface area contributed by atoms with Crippen LogP contribution in [0.1, 0.15) is 25.3 Å². The van der Waals surface area contributed by atoms with Crippen LogP contribution in [0.15, 0.2) is 35.1 Å². The predicted octanol–water partition coefficient (Wildman–Crippen LogP) is 3.05. The Bertz CT molecular complexity index is 805. The fraction of sp³-hybridized carbons (Fsp3) is 0.444. The number of nitrogens with one attached hydrogen (secondary N) is 1. The number of anilines is 1. The molecule has 1 atom stereocenters. The van der Waals surface area contributed by atoms with Crippen LogP contribution in [0, 0.1) is 5.92 Å². The van der Waals surface area contributed by atoms with Crippen LogP contribution >= 0.6 is 0 Å². The number of aliphatic hydroxyl groups is 1. The lowest BCUT2D eigenvalue weighted by Gasteiger charge is -2.36. The van der Waals surface area contributed by atoms with Gasteiger partial charge in [0, 0.05) is 30.4 Å². The Balaban J connectivity index is 1.93. The van der Waals surface area contributed by atoms with Crippen molar-refractivity contribution in [3.8, 4) is 11.3 Å². The summed E-state index contributed by atoms with van der Waals surface area (Å²) in [5.74, 6) is 0.116. The summed E-state index contributed by atoms with van der Waals surface area (Å²) in [7, 11) is 0. The number of nitrogens with zero attached hydrogens (tertiary/aromatic N) is 2. The van der Waals surface area contributed by atoms with Crippen molar-refractivity contribution in [3.05, 3.63) is 46.2 Å². The molecule has 0 bridgehead atoms. The number of aromatic amines is 1. The van der Waals surface area contributed by atoms with Gasteiger partial charge in [0.2, 0.25) is 0 Å². The van der Waals surface area contributed by atoms with Gasteiger partial charge < -0.3 is 10.0 Å². The van der Waals surface area contributed by atoms with E-state index in [0.717, 1.165) is 6.07 Å². The van der Waals surface area contributed by atoms with E-state index in [1.807, 2.05) is 0 Å². The third kappa shape index (κ3) is 3.90. The van der Waals surface area contributed by atoms with E-state index in [9.17, 15) is 23.1 Å². The SMILES string of the molecule is CC(O)C1CCN(c2ccc(-c3ccc(=O)[nH]n3)cc2C(F)(F)F)CC1. The molecule has 5 nitrogen and oxygen atoms in total. The Hall–Kier alpha value is -2.35. The fourth-order valence-electron chi connectivity index (χ4n) is 3.33. The predicted molar refractivity (Wildman–Crippen MR) is 91.9 cm³/mol. The van der Waals surface area contributed by atoms with E-state index in [1.165, 1.54) is 18.2 Å². The number of aromatic nitrogens is 2. The van der Waals surface area contributed by atoms with Crippen molar-refractivity contribution in [2.75, 3.05) is 18.0 Å². The zero-order valence-electron chi connectivity index (χ0n) is 14.3. The van der Waals surface area contributed by atoms with Crippen molar-refractivity contribution in [2.45, 2.75) is 32.0 Å². The molecule has 0 spiro atoms. The molecule has 2 heterocycles. The molecule has 140 valence electrons. The number of piperidine rings is 1. The van der Waals surface area contributed by atoms with E-state index in [-0.39, 0.29) is 22.9 Å². The van der Waals surface area contributed by atoms with Gasteiger partial charge in [0.05, 0.1) is 17.4 Å². The van der Waals surface area contributed by atoms with Crippen molar-refractivity contribution in [1.29, 1.82) is 0 Å². The van der Waals surface area contributed by atoms with Gasteiger partial charge in [0.1, 0.15) is 0 Å². The largest absolute Gasteiger partial charge is 0.418 e. The molecule has 26 heavy (non-hydrogen) atoms. The number of alkyl halides is 3. The number of rotatable bonds is 3. The second-order valence-corrected chi connectivity index (χ2v) is 6.60. The number of hydrogen-bond acceptors (Lipinski definition) is 4. The molecule has 3 rings (SSSR count). The van der Waals surface area contributed by atoms with Crippen LogP contribution in [0.5, 0.6) is 0 Å². The summed E-state index contributed by atoms with van der Waals surface area (Å²) < 4.78 is 40.9. The van der Waals surface area contributed by atoms with Gasteiger partial charge in [-0.05, 0) is 43.9 Å². The van der Waals surface area contributed by atoms with E-state index in [1.54, 1.807) is 17.9 Å². The molecule has 0 aliphatic carbocycles. The zero-order valence-corrected chi connectivity index (χ0v) is 14.3. The third-order valence-corrected chi connectivity index (χ3v) is 4.84. The monoisotopic (exact) mass is 367 g/mol. The Morgan fingerprint density at radius 2 is 1.92 bits per heavy atom. The summed E-state index contributed by atoms with van der Waals surface area (Å²) in [5, 5.41) is 15.7. The number of aliphatic hydroxyl groups excluding tert-OH is 1. The summed E-state index contributed by atoms with van der Waals surface area (Å²) >= 11 is 0. The molecule has 0 amide bonds. The summed E-state index contributed by atoms with van der Waals surface area (Å²) in [6.07, 6.45) is -3.65. The molecule has 1 aromatic heterocycles. The molecule has 0 saturated carbocycles. The second kappa shape index (κ2) is 7.11. The number of halogens is 3. The van der Waals surface area contributed by atoms with Crippen LogP contribution in [0.25, 0.3) is 11.3 Å². The van der Waals surface area contributed by atoms with Crippen molar-refractivity contribution in [2.24, 2.45) is 5.92 Å². The van der Waals surface area contributed by atoms with Crippen molar-refractivity contribution in [3.63, 3.8) is 0 Å². The van der Waals surface area contributed by atoms with E-state index in [4.69, 9.17) is 0 Å². The van der Waals surface area contributed by atoms with Crippen LogP contribution in [-0.2, 0) is 6.18 Å². The van der Waals surface area contributed by atoms with Gasteiger partial charge in [-0.2, -0.15) is 18.3 Å². The Morgan fingerprint density at radius 3 is 2.46 bits per heavy atom. The Labute approximate surface area is 148 Å². The lowest BCUT2D eigenvalue weighted by atomic mass is 9.91. The molecule has 1 saturated heterocycles. The second-order valence-electron chi connectivity index (χ2n) is 6.60. The first-order chi connectivity index (χ1) is 12.3. The topological polar surface area (TPSA) is 69.2 Å². The maximum atomic E-state index is 13.6. The average molecular weight is 367 g/mol. The van der Waals surface area contributed by atoms with Crippen LogP contribution in [0.4, 0.5) is 18.9 Å². The van der Waals surface area contributed by atoms with Crippen LogP contribution < -0.4 is 10.5 Å². The van der Waals surface area contributed by atoms with Gasteiger partial charge >= 0.3 is 6.18 Å². The van der Waals surface area contributed by atoms with Crippen LogP contribution in [0.2, 0.25) is 0 Å². The first-order valence-corrected chi connectivity index (χ1v) is 8.46. The van der Waals surface area contributed by atoms with Gasteiger partial charge in [-0.15, -0.1) is 0 Å². The first kappa shape index (κ1) is 18.4. The fourth-order valence-corrected chi connectivity index (χ4v) is 3.33. The summed E-state index contributed by atoms with van der Waals surface area (Å²) in [6, 6.07) is 6.71. The first-order valence-electron chi connectivity index (χ1n) is 8.46. The number of H-pyrrole nitrogens is 1. The number of hydrogen-bond donors (Lipinski definition) is 2. The minimum absolute atomic E-state index is 0.116. The molecule has 1 unspecified atom stereocenters. The smallest absolute Gasteiger partial charge is 0.393 e. The highest BCUT2D eigenvalue weighted by Crippen LogP contribution is 2.40. The molecule has 8 heteroatoms. The molecule has 1 aliphatic rings. The summed E-state index contributed by atoms with van der Waals surface area (Å²) in [6.45, 7) is 2.65. The zero-order chi connectivity index (χ0) is 18.9. The van der Waals surface area contributed by atoms with Gasteiger partial charge in [0.15, 0.2) is 0 Å². The highest BCUT2D eigenvalue weighted by atomic mass is 19.4. The standard InChI is InChI=1S/C18H20F3N3O2/c1-11(25)12-6-8-24(9-7-12)16-4-2-13(10-14(16)18(19,20)21)15-3-5-17(26)23-22-15/h2-5,10-12,25H,6-9H2,1H3,(H,23,26). The highest BCUT2D eigenvalue weighted by molar-refractivity contribution is 5.67. The molecule has 1 fully saturated rings. The quantitative estimate of drug-likeness (QED) is 0.875. The van der Waals surface area contributed by atoms with Crippen molar-refractivity contribution in [1.82, 2.24) is 10.2 Å². The van der Waals surface area contributed by atoms with Crippen LogP contribution in [0.3, 0.4) is 0 Å². The Morgan fingerprint density at radius 1 is 1.23 bits per heavy atom. The average Bonchev–Trinajstić information content (AvgIpc) is 2.61. The summed E-state index contributed by atoms with van der Waals surface area (Å²) in [4.78, 5) is 12.8. The van der Waals surface area contributed by atoms with E-state index in [0.29, 0.717) is 25.9 Å². The lowest BCUT2D eigenvalue weighted by Crippen LogP contribution is -2.38. The summed E-state index contributed by atoms with van der Waals surface area (Å²) in [5.41, 5.74) is -0.443. The molecule has 0 radical (unpaired) electrons. The maximum Gasteiger partial charge on any atom is 0.418 e. The van der Waals surface area contributed by atoms with E-state index < -0.39 is 23.4 Å². The molecule has 2 N–H and O–H groups in total. The molecule has 1 aromatic carbocycles. The Kier molecular flexibility index (Phi) is 5.04. The molecule has 2 aromatic rings. The van der Waals surface area contributed by atoms with Gasteiger partial charge in [-0.1, -0.05) is 6.07 Å². The lowest BCUT2D eigenvalue weighted by molar-refractivity contribution is -0.137. The van der Waals surface area contributed by atoms with Crippen molar-refractivity contribution >= 4 is 5.69 Å².